The summed E-state index contributed by atoms with van der Waals surface area (Å²) in [5.41, 5.74) is 2.56. The fraction of sp³-hybridized carbons (Fsp3) is 0.600. The lowest BCUT2D eigenvalue weighted by Crippen LogP contribution is -2.38. The van der Waals surface area contributed by atoms with Crippen LogP contribution < -0.4 is 5.32 Å². The normalized spacial score (nSPS) is 26.8. The third-order valence-corrected chi connectivity index (χ3v) is 4.42. The minimum absolute atomic E-state index is 0.0972. The van der Waals surface area contributed by atoms with Crippen LogP contribution in [-0.4, -0.2) is 30.6 Å². The molecule has 2 atom stereocenters. The van der Waals surface area contributed by atoms with Crippen molar-refractivity contribution in [1.82, 2.24) is 10.2 Å². The van der Waals surface area contributed by atoms with E-state index in [1.807, 2.05) is 6.07 Å². The summed E-state index contributed by atoms with van der Waals surface area (Å²) >= 11 is 0. The van der Waals surface area contributed by atoms with Crippen LogP contribution in [0, 0.1) is 5.82 Å². The number of nitrogens with one attached hydrogen (secondary N) is 1. The monoisotopic (exact) mass is 248 g/mol. The number of hydrogen-bond donors (Lipinski definition) is 1. The standard InChI is InChI=1S/C15H21FN2/c1-2-18(13-7-8-17-10-13)15-6-3-11-9-12(16)4-5-14(11)15/h4-5,9,13,15,17H,2-3,6-8,10H2,1H3. The van der Waals surface area contributed by atoms with Crippen molar-refractivity contribution >= 4 is 0 Å². The average Bonchev–Trinajstić information content (AvgIpc) is 3.00. The zero-order valence-corrected chi connectivity index (χ0v) is 11.0. The molecule has 1 aromatic rings. The summed E-state index contributed by atoms with van der Waals surface area (Å²) in [6.45, 7) is 5.54. The van der Waals surface area contributed by atoms with Gasteiger partial charge in [0.2, 0.25) is 0 Å². The maximum Gasteiger partial charge on any atom is 0.123 e. The number of aryl methyl sites for hydroxylation is 1. The van der Waals surface area contributed by atoms with Crippen LogP contribution in [0.25, 0.3) is 0 Å². The van der Waals surface area contributed by atoms with Crippen LogP contribution in [0.5, 0.6) is 0 Å². The number of nitrogens with zero attached hydrogens (tertiary/aromatic N) is 1. The van der Waals surface area contributed by atoms with E-state index < -0.39 is 0 Å². The van der Waals surface area contributed by atoms with Crippen LogP contribution in [0.2, 0.25) is 0 Å². The maximum atomic E-state index is 13.2. The van der Waals surface area contributed by atoms with Crippen LogP contribution in [-0.2, 0) is 6.42 Å². The SMILES string of the molecule is CCN(C1CCNC1)C1CCc2cc(F)ccc21. The molecule has 2 unspecified atom stereocenters. The van der Waals surface area contributed by atoms with Gasteiger partial charge in [-0.2, -0.15) is 0 Å². The molecule has 1 aliphatic carbocycles. The van der Waals surface area contributed by atoms with E-state index >= 15 is 0 Å². The third kappa shape index (κ3) is 2.06. The molecule has 18 heavy (non-hydrogen) atoms. The Bertz CT molecular complexity index is 427. The quantitative estimate of drug-likeness (QED) is 0.884. The largest absolute Gasteiger partial charge is 0.315 e. The molecule has 0 saturated carbocycles. The molecule has 1 fully saturated rings. The van der Waals surface area contributed by atoms with E-state index in [4.69, 9.17) is 0 Å². The van der Waals surface area contributed by atoms with Gasteiger partial charge in [-0.15, -0.1) is 0 Å². The van der Waals surface area contributed by atoms with Crippen molar-refractivity contribution in [3.05, 3.63) is 35.1 Å². The lowest BCUT2D eigenvalue weighted by molar-refractivity contribution is 0.151. The lowest BCUT2D eigenvalue weighted by atomic mass is 10.0. The molecule has 1 heterocycles. The Morgan fingerprint density at radius 1 is 1.39 bits per heavy atom. The highest BCUT2D eigenvalue weighted by Gasteiger charge is 2.32. The summed E-state index contributed by atoms with van der Waals surface area (Å²) in [6.07, 6.45) is 3.40. The van der Waals surface area contributed by atoms with Gasteiger partial charge in [-0.05, 0) is 55.6 Å². The van der Waals surface area contributed by atoms with Gasteiger partial charge in [-0.3, -0.25) is 4.90 Å². The van der Waals surface area contributed by atoms with Crippen LogP contribution in [0.15, 0.2) is 18.2 Å². The highest BCUT2D eigenvalue weighted by Crippen LogP contribution is 2.37. The molecule has 0 radical (unpaired) electrons. The van der Waals surface area contributed by atoms with Crippen molar-refractivity contribution in [2.75, 3.05) is 19.6 Å². The number of benzene rings is 1. The average molecular weight is 248 g/mol. The number of fused-ring (bicyclic) bond motifs is 1. The maximum absolute atomic E-state index is 13.2. The molecule has 0 bridgehead atoms. The van der Waals surface area contributed by atoms with Crippen molar-refractivity contribution in [3.8, 4) is 0 Å². The summed E-state index contributed by atoms with van der Waals surface area (Å²) in [5, 5.41) is 3.44. The predicted octanol–water partition coefficient (Wildman–Crippen LogP) is 2.50. The predicted molar refractivity (Wildman–Crippen MR) is 71.1 cm³/mol. The first-order valence-corrected chi connectivity index (χ1v) is 7.04. The van der Waals surface area contributed by atoms with Gasteiger partial charge in [0.1, 0.15) is 5.82 Å². The Balaban J connectivity index is 1.85. The second kappa shape index (κ2) is 4.98. The van der Waals surface area contributed by atoms with E-state index in [9.17, 15) is 4.39 Å². The number of likely N-dealkylation sites (N-methyl/N-ethyl adjacent to an activating group) is 1. The fourth-order valence-electron chi connectivity index (χ4n) is 3.56. The van der Waals surface area contributed by atoms with Crippen molar-refractivity contribution in [2.24, 2.45) is 0 Å². The molecule has 1 saturated heterocycles. The molecule has 0 amide bonds. The zero-order chi connectivity index (χ0) is 12.5. The molecular weight excluding hydrogens is 227 g/mol. The van der Waals surface area contributed by atoms with Crippen LogP contribution >= 0.6 is 0 Å². The van der Waals surface area contributed by atoms with Gasteiger partial charge in [0.15, 0.2) is 0 Å². The highest BCUT2D eigenvalue weighted by molar-refractivity contribution is 5.35. The van der Waals surface area contributed by atoms with Gasteiger partial charge in [0.05, 0.1) is 0 Å². The zero-order valence-electron chi connectivity index (χ0n) is 11.0. The fourth-order valence-corrected chi connectivity index (χ4v) is 3.56. The van der Waals surface area contributed by atoms with Crippen LogP contribution in [0.1, 0.15) is 36.9 Å². The van der Waals surface area contributed by atoms with E-state index in [-0.39, 0.29) is 5.82 Å². The molecule has 0 aromatic heterocycles. The van der Waals surface area contributed by atoms with Crippen molar-refractivity contribution in [1.29, 1.82) is 0 Å². The molecule has 2 nitrogen and oxygen atoms in total. The van der Waals surface area contributed by atoms with Gasteiger partial charge in [-0.1, -0.05) is 13.0 Å². The number of halogens is 1. The highest BCUT2D eigenvalue weighted by atomic mass is 19.1. The van der Waals surface area contributed by atoms with Gasteiger partial charge in [-0.25, -0.2) is 4.39 Å². The summed E-state index contributed by atoms with van der Waals surface area (Å²) in [5.74, 6) is -0.0972. The van der Waals surface area contributed by atoms with Gasteiger partial charge < -0.3 is 5.32 Å². The summed E-state index contributed by atoms with van der Waals surface area (Å²) in [6, 6.07) is 6.47. The molecule has 1 N–H and O–H groups in total. The van der Waals surface area contributed by atoms with Crippen LogP contribution in [0.3, 0.4) is 0 Å². The molecule has 2 aliphatic rings. The van der Waals surface area contributed by atoms with Crippen molar-refractivity contribution in [3.63, 3.8) is 0 Å². The molecule has 1 aliphatic heterocycles. The number of hydrogen-bond acceptors (Lipinski definition) is 2. The second-order valence-electron chi connectivity index (χ2n) is 5.37. The van der Waals surface area contributed by atoms with Crippen molar-refractivity contribution < 1.29 is 4.39 Å². The minimum Gasteiger partial charge on any atom is -0.315 e. The Hall–Kier alpha value is -0.930. The van der Waals surface area contributed by atoms with E-state index in [1.165, 1.54) is 17.5 Å². The Morgan fingerprint density at radius 3 is 3.00 bits per heavy atom. The number of rotatable bonds is 3. The van der Waals surface area contributed by atoms with Gasteiger partial charge in [0.25, 0.3) is 0 Å². The Labute approximate surface area is 108 Å². The summed E-state index contributed by atoms with van der Waals surface area (Å²) in [4.78, 5) is 2.60. The Morgan fingerprint density at radius 2 is 2.28 bits per heavy atom. The third-order valence-electron chi connectivity index (χ3n) is 4.42. The molecule has 98 valence electrons. The molecule has 3 rings (SSSR count). The smallest absolute Gasteiger partial charge is 0.123 e. The van der Waals surface area contributed by atoms with Gasteiger partial charge >= 0.3 is 0 Å². The van der Waals surface area contributed by atoms with E-state index in [1.54, 1.807) is 12.1 Å². The summed E-state index contributed by atoms with van der Waals surface area (Å²) in [7, 11) is 0. The Kier molecular flexibility index (Phi) is 3.35. The molecule has 3 heteroatoms. The second-order valence-corrected chi connectivity index (χ2v) is 5.37. The molecular formula is C15H21FN2. The minimum atomic E-state index is -0.0972. The molecule has 1 aromatic carbocycles. The molecule has 0 spiro atoms. The van der Waals surface area contributed by atoms with E-state index in [2.05, 4.69) is 17.1 Å². The van der Waals surface area contributed by atoms with Gasteiger partial charge in [0, 0.05) is 18.6 Å². The first kappa shape index (κ1) is 12.1. The van der Waals surface area contributed by atoms with E-state index in [0.29, 0.717) is 12.1 Å². The lowest BCUT2D eigenvalue weighted by Gasteiger charge is -2.33. The van der Waals surface area contributed by atoms with Crippen molar-refractivity contribution in [2.45, 2.75) is 38.3 Å². The topological polar surface area (TPSA) is 15.3 Å². The van der Waals surface area contributed by atoms with Crippen LogP contribution in [0.4, 0.5) is 4.39 Å². The summed E-state index contributed by atoms with van der Waals surface area (Å²) < 4.78 is 13.2. The first-order chi connectivity index (χ1) is 8.79. The first-order valence-electron chi connectivity index (χ1n) is 7.04. The van der Waals surface area contributed by atoms with E-state index in [0.717, 1.165) is 32.5 Å².